The van der Waals surface area contributed by atoms with E-state index < -0.39 is 0 Å². The molecule has 3 rings (SSSR count). The lowest BCUT2D eigenvalue weighted by Gasteiger charge is -2.20. The summed E-state index contributed by atoms with van der Waals surface area (Å²) in [6, 6.07) is 10.6. The number of nitrogens with zero attached hydrogens (tertiary/aromatic N) is 1. The number of benzene rings is 2. The van der Waals surface area contributed by atoms with Crippen LogP contribution in [0.3, 0.4) is 0 Å². The molecule has 0 aromatic heterocycles. The average molecular weight is 213 g/mol. The molecule has 16 heavy (non-hydrogen) atoms. The van der Waals surface area contributed by atoms with Gasteiger partial charge in [0.25, 0.3) is 0 Å². The van der Waals surface area contributed by atoms with Gasteiger partial charge in [0.1, 0.15) is 5.75 Å². The van der Waals surface area contributed by atoms with Crippen LogP contribution in [0, 0.1) is 0 Å². The van der Waals surface area contributed by atoms with Gasteiger partial charge in [-0.05, 0) is 24.8 Å². The van der Waals surface area contributed by atoms with Gasteiger partial charge in [-0.1, -0.05) is 24.3 Å². The van der Waals surface area contributed by atoms with Gasteiger partial charge in [-0.15, -0.1) is 0 Å². The van der Waals surface area contributed by atoms with E-state index in [1.165, 1.54) is 11.1 Å². The third-order valence-corrected chi connectivity index (χ3v) is 3.62. The standard InChI is InChI=1S/C14H15NO/c1-9-7-12-13(16)8-10-5-3-4-6-11(10)14(12)15(9)2/h3-6,8-9,16H,7H2,1-2H3. The summed E-state index contributed by atoms with van der Waals surface area (Å²) in [6.07, 6.45) is 0.933. The highest BCUT2D eigenvalue weighted by atomic mass is 16.3. The molecule has 0 radical (unpaired) electrons. The Morgan fingerprint density at radius 3 is 2.88 bits per heavy atom. The van der Waals surface area contributed by atoms with E-state index in [2.05, 4.69) is 31.0 Å². The van der Waals surface area contributed by atoms with Crippen molar-refractivity contribution in [2.45, 2.75) is 19.4 Å². The first-order chi connectivity index (χ1) is 7.68. The number of phenolic OH excluding ortho intramolecular Hbond substituents is 1. The summed E-state index contributed by atoms with van der Waals surface area (Å²) in [5.74, 6) is 0.435. The molecule has 0 bridgehead atoms. The lowest BCUT2D eigenvalue weighted by molar-refractivity contribution is 0.470. The normalized spacial score (nSPS) is 19.1. The summed E-state index contributed by atoms with van der Waals surface area (Å²) in [4.78, 5) is 2.26. The molecule has 1 N–H and O–H groups in total. The second-order valence-electron chi connectivity index (χ2n) is 4.61. The van der Waals surface area contributed by atoms with Gasteiger partial charge in [-0.25, -0.2) is 0 Å². The van der Waals surface area contributed by atoms with E-state index in [9.17, 15) is 5.11 Å². The number of aromatic hydroxyl groups is 1. The van der Waals surface area contributed by atoms with Crippen molar-refractivity contribution >= 4 is 16.5 Å². The molecule has 0 saturated carbocycles. The Morgan fingerprint density at radius 2 is 2.06 bits per heavy atom. The van der Waals surface area contributed by atoms with Crippen molar-refractivity contribution in [2.75, 3.05) is 11.9 Å². The molecule has 1 aliphatic heterocycles. The maximum absolute atomic E-state index is 10.0. The van der Waals surface area contributed by atoms with Crippen LogP contribution in [0.5, 0.6) is 5.75 Å². The number of hydrogen-bond donors (Lipinski definition) is 1. The van der Waals surface area contributed by atoms with Gasteiger partial charge < -0.3 is 10.0 Å². The van der Waals surface area contributed by atoms with Crippen LogP contribution < -0.4 is 4.90 Å². The van der Waals surface area contributed by atoms with Crippen LogP contribution in [0.1, 0.15) is 12.5 Å². The topological polar surface area (TPSA) is 23.5 Å². The van der Waals surface area contributed by atoms with Crippen LogP contribution in [0.15, 0.2) is 30.3 Å². The zero-order valence-electron chi connectivity index (χ0n) is 9.57. The van der Waals surface area contributed by atoms with Crippen LogP contribution in [0.25, 0.3) is 10.8 Å². The minimum atomic E-state index is 0.435. The minimum Gasteiger partial charge on any atom is -0.508 e. The first-order valence-electron chi connectivity index (χ1n) is 5.65. The number of anilines is 1. The molecule has 82 valence electrons. The predicted octanol–water partition coefficient (Wildman–Crippen LogP) is 2.93. The van der Waals surface area contributed by atoms with Crippen molar-refractivity contribution in [1.29, 1.82) is 0 Å². The number of likely N-dealkylation sites (N-methyl/N-ethyl adjacent to an activating group) is 1. The maximum Gasteiger partial charge on any atom is 0.121 e. The summed E-state index contributed by atoms with van der Waals surface area (Å²) >= 11 is 0. The Balaban J connectivity index is 2.41. The SMILES string of the molecule is CC1Cc2c(O)cc3ccccc3c2N1C. The molecule has 1 atom stereocenters. The molecule has 2 heteroatoms. The highest BCUT2D eigenvalue weighted by Crippen LogP contribution is 2.42. The third-order valence-electron chi connectivity index (χ3n) is 3.62. The quantitative estimate of drug-likeness (QED) is 0.727. The van der Waals surface area contributed by atoms with Gasteiger partial charge in [0, 0.05) is 24.0 Å². The molecule has 1 unspecified atom stereocenters. The second-order valence-corrected chi connectivity index (χ2v) is 4.61. The van der Waals surface area contributed by atoms with E-state index in [1.54, 1.807) is 0 Å². The van der Waals surface area contributed by atoms with Crippen molar-refractivity contribution in [1.82, 2.24) is 0 Å². The highest BCUT2D eigenvalue weighted by Gasteiger charge is 2.27. The Kier molecular flexibility index (Phi) is 1.87. The van der Waals surface area contributed by atoms with Crippen LogP contribution in [-0.4, -0.2) is 18.2 Å². The fraction of sp³-hybridized carbons (Fsp3) is 0.286. The number of hydrogen-bond acceptors (Lipinski definition) is 2. The smallest absolute Gasteiger partial charge is 0.121 e. The molecule has 0 fully saturated rings. The highest BCUT2D eigenvalue weighted by molar-refractivity contribution is 5.98. The largest absolute Gasteiger partial charge is 0.508 e. The van der Waals surface area contributed by atoms with Crippen LogP contribution in [0.4, 0.5) is 5.69 Å². The van der Waals surface area contributed by atoms with Gasteiger partial charge >= 0.3 is 0 Å². The maximum atomic E-state index is 10.0. The van der Waals surface area contributed by atoms with Gasteiger partial charge in [0.2, 0.25) is 0 Å². The van der Waals surface area contributed by atoms with Crippen LogP contribution >= 0.6 is 0 Å². The Labute approximate surface area is 95.1 Å². The van der Waals surface area contributed by atoms with E-state index in [4.69, 9.17) is 0 Å². The molecule has 0 spiro atoms. The van der Waals surface area contributed by atoms with Gasteiger partial charge in [0.05, 0.1) is 5.69 Å². The minimum absolute atomic E-state index is 0.435. The zero-order valence-corrected chi connectivity index (χ0v) is 9.57. The van der Waals surface area contributed by atoms with Crippen molar-refractivity contribution in [3.8, 4) is 5.75 Å². The second kappa shape index (κ2) is 3.14. The summed E-state index contributed by atoms with van der Waals surface area (Å²) in [5, 5.41) is 12.4. The van der Waals surface area contributed by atoms with Crippen molar-refractivity contribution in [3.63, 3.8) is 0 Å². The molecule has 2 nitrogen and oxygen atoms in total. The lowest BCUT2D eigenvalue weighted by atomic mass is 10.0. The van der Waals surface area contributed by atoms with Crippen molar-refractivity contribution < 1.29 is 5.11 Å². The first-order valence-corrected chi connectivity index (χ1v) is 5.65. The molecule has 2 aromatic rings. The predicted molar refractivity (Wildman–Crippen MR) is 67.2 cm³/mol. The van der Waals surface area contributed by atoms with Crippen LogP contribution in [0.2, 0.25) is 0 Å². The third kappa shape index (κ3) is 1.13. The van der Waals surface area contributed by atoms with Gasteiger partial charge in [-0.3, -0.25) is 0 Å². The van der Waals surface area contributed by atoms with Crippen LogP contribution in [-0.2, 0) is 6.42 Å². The fourth-order valence-corrected chi connectivity index (χ4v) is 2.61. The van der Waals surface area contributed by atoms with Crippen molar-refractivity contribution in [2.24, 2.45) is 0 Å². The average Bonchev–Trinajstić information content (AvgIpc) is 2.57. The number of phenols is 1. The Hall–Kier alpha value is -1.70. The summed E-state index contributed by atoms with van der Waals surface area (Å²) < 4.78 is 0. The summed E-state index contributed by atoms with van der Waals surface area (Å²) in [5.41, 5.74) is 2.29. The molecule has 1 heterocycles. The molecular formula is C14H15NO. The molecule has 0 saturated heterocycles. The molecule has 1 aliphatic rings. The fourth-order valence-electron chi connectivity index (χ4n) is 2.61. The summed E-state index contributed by atoms with van der Waals surface area (Å²) in [7, 11) is 2.10. The van der Waals surface area contributed by atoms with E-state index >= 15 is 0 Å². The van der Waals surface area contributed by atoms with E-state index in [0.717, 1.165) is 17.4 Å². The molecule has 0 aliphatic carbocycles. The van der Waals surface area contributed by atoms with E-state index in [-0.39, 0.29) is 0 Å². The van der Waals surface area contributed by atoms with E-state index in [1.807, 2.05) is 18.2 Å². The zero-order chi connectivity index (χ0) is 11.3. The number of fused-ring (bicyclic) bond motifs is 3. The Bertz CT molecular complexity index is 562. The Morgan fingerprint density at radius 1 is 1.31 bits per heavy atom. The molecular weight excluding hydrogens is 198 g/mol. The van der Waals surface area contributed by atoms with Crippen molar-refractivity contribution in [3.05, 3.63) is 35.9 Å². The van der Waals surface area contributed by atoms with E-state index in [0.29, 0.717) is 11.8 Å². The summed E-state index contributed by atoms with van der Waals surface area (Å²) in [6.45, 7) is 2.19. The molecule has 0 amide bonds. The first kappa shape index (κ1) is 9.52. The van der Waals surface area contributed by atoms with Gasteiger partial charge in [-0.2, -0.15) is 0 Å². The lowest BCUT2D eigenvalue weighted by Crippen LogP contribution is -2.23. The monoisotopic (exact) mass is 213 g/mol. The molecule has 2 aromatic carbocycles. The van der Waals surface area contributed by atoms with Gasteiger partial charge in [0.15, 0.2) is 0 Å². The number of rotatable bonds is 0.